The van der Waals surface area contributed by atoms with E-state index in [1.807, 2.05) is 13.8 Å². The number of halogens is 4. The number of hydrogen-bond acceptors (Lipinski definition) is 9. The lowest BCUT2D eigenvalue weighted by Gasteiger charge is -2.18. The van der Waals surface area contributed by atoms with E-state index in [4.69, 9.17) is 9.57 Å². The zero-order valence-corrected chi connectivity index (χ0v) is 22.6. The first kappa shape index (κ1) is 29.8. The van der Waals surface area contributed by atoms with Gasteiger partial charge in [0.1, 0.15) is 35.5 Å². The number of aromatic nitrogens is 3. The number of amides is 1. The normalized spacial score (nSPS) is 11.8. The van der Waals surface area contributed by atoms with Crippen LogP contribution < -0.4 is 26.3 Å². The van der Waals surface area contributed by atoms with Crippen molar-refractivity contribution in [1.29, 1.82) is 0 Å². The second kappa shape index (κ2) is 12.0. The van der Waals surface area contributed by atoms with Crippen molar-refractivity contribution in [2.45, 2.75) is 20.0 Å². The number of hydroxylamine groups is 1. The lowest BCUT2D eigenvalue weighted by atomic mass is 10.1. The molecule has 0 fully saturated rings. The van der Waals surface area contributed by atoms with E-state index in [2.05, 4.69) is 31.1 Å². The molecule has 0 saturated carbocycles. The van der Waals surface area contributed by atoms with Gasteiger partial charge in [0.05, 0.1) is 30.7 Å². The maximum atomic E-state index is 14.8. The number of carbonyl (C=O) groups excluding carboxylic acids is 1. The molecule has 2 aromatic heterocycles. The summed E-state index contributed by atoms with van der Waals surface area (Å²) in [5.74, 6) is -2.71. The van der Waals surface area contributed by atoms with E-state index in [1.54, 1.807) is 0 Å². The summed E-state index contributed by atoms with van der Waals surface area (Å²) in [4.78, 5) is 29.0. The van der Waals surface area contributed by atoms with Crippen LogP contribution in [0.5, 0.6) is 5.75 Å². The van der Waals surface area contributed by atoms with Gasteiger partial charge < -0.3 is 19.9 Å². The van der Waals surface area contributed by atoms with E-state index in [1.165, 1.54) is 38.8 Å². The van der Waals surface area contributed by atoms with Crippen LogP contribution in [0.4, 0.5) is 40.7 Å². The summed E-state index contributed by atoms with van der Waals surface area (Å²) in [7, 11) is -1.71. The quantitative estimate of drug-likeness (QED) is 0.174. The number of anilines is 4. The Morgan fingerprint density at radius 2 is 1.85 bits per heavy atom. The molecule has 0 atom stereocenters. The van der Waals surface area contributed by atoms with Gasteiger partial charge in [0.2, 0.25) is 5.95 Å². The summed E-state index contributed by atoms with van der Waals surface area (Å²) in [6.07, 6.45) is -2.91. The molecule has 0 radical (unpaired) electrons. The predicted octanol–water partition coefficient (Wildman–Crippen LogP) is 5.09. The average Bonchev–Trinajstić information content (AvgIpc) is 2.83. The second-order valence-electron chi connectivity index (χ2n) is 9.10. The number of ether oxygens (including phenoxy) is 1. The van der Waals surface area contributed by atoms with Crippen molar-refractivity contribution < 1.29 is 36.5 Å². The van der Waals surface area contributed by atoms with Crippen LogP contribution in [0.3, 0.4) is 0 Å². The van der Waals surface area contributed by atoms with Crippen molar-refractivity contribution in [2.75, 3.05) is 37.7 Å². The maximum Gasteiger partial charge on any atom is 0.421 e. The van der Waals surface area contributed by atoms with Gasteiger partial charge in [-0.25, -0.2) is 14.9 Å². The van der Waals surface area contributed by atoms with Crippen molar-refractivity contribution in [3.63, 3.8) is 0 Å². The van der Waals surface area contributed by atoms with Crippen LogP contribution in [-0.4, -0.2) is 47.9 Å². The molecule has 0 bridgehead atoms. The minimum absolute atomic E-state index is 0.0177. The molecule has 0 aliphatic heterocycles. The Kier molecular flexibility index (Phi) is 9.13. The zero-order chi connectivity index (χ0) is 29.0. The van der Waals surface area contributed by atoms with Crippen LogP contribution >= 0.6 is 7.14 Å². The van der Waals surface area contributed by atoms with Gasteiger partial charge in [0.15, 0.2) is 0 Å². The molecule has 210 valence electrons. The molecule has 3 rings (SSSR count). The second-order valence-corrected chi connectivity index (χ2v) is 12.2. The van der Waals surface area contributed by atoms with Crippen LogP contribution in [0.25, 0.3) is 0 Å². The highest BCUT2D eigenvalue weighted by Gasteiger charge is 2.36. The number of rotatable bonds is 10. The Labute approximate surface area is 221 Å². The first-order valence-electron chi connectivity index (χ1n) is 11.5. The molecule has 0 unspecified atom stereocenters. The molecule has 0 saturated heterocycles. The highest BCUT2D eigenvalue weighted by molar-refractivity contribution is 7.70. The predicted molar refractivity (Wildman–Crippen MR) is 138 cm³/mol. The highest BCUT2D eigenvalue weighted by Crippen LogP contribution is 2.39. The summed E-state index contributed by atoms with van der Waals surface area (Å²) >= 11 is 0. The van der Waals surface area contributed by atoms with Gasteiger partial charge in [-0.1, -0.05) is 13.8 Å². The third kappa shape index (κ3) is 7.64. The molecule has 0 spiro atoms. The molecule has 3 aromatic rings. The fraction of sp³-hybridized carbons (Fsp3) is 0.333. The van der Waals surface area contributed by atoms with E-state index in [0.717, 1.165) is 12.1 Å². The molecule has 1 amide bonds. The molecule has 0 aliphatic rings. The third-order valence-electron chi connectivity index (χ3n) is 5.01. The number of methoxy groups -OCH3 is 1. The van der Waals surface area contributed by atoms with Gasteiger partial charge >= 0.3 is 6.18 Å². The van der Waals surface area contributed by atoms with E-state index < -0.39 is 36.4 Å². The van der Waals surface area contributed by atoms with Gasteiger partial charge in [0, 0.05) is 18.5 Å². The highest BCUT2D eigenvalue weighted by atomic mass is 31.2. The Morgan fingerprint density at radius 1 is 1.13 bits per heavy atom. The molecule has 39 heavy (non-hydrogen) atoms. The zero-order valence-electron chi connectivity index (χ0n) is 21.7. The Morgan fingerprint density at radius 3 is 2.46 bits per heavy atom. The average molecular weight is 570 g/mol. The maximum absolute atomic E-state index is 14.8. The molecule has 2 heterocycles. The Hall–Kier alpha value is -3.77. The van der Waals surface area contributed by atoms with E-state index in [9.17, 15) is 26.9 Å². The minimum atomic E-state index is -4.83. The number of hydrogen-bond donors (Lipinski definition) is 3. The standard InChI is InChI=1S/C24H27F4N6O4P/c1-13(2)12-38-34-21(35)14-9-19(37-3)18(10-16(14)25)32-23-30-11-15(24(26,27)28)20(33-23)31-17-7-6-8-29-22(17)39(4,5)36/h6-11,13H,12H2,1-5H3,(H,34,35)(H2,30,31,32,33). The van der Waals surface area contributed by atoms with Crippen molar-refractivity contribution in [3.05, 3.63) is 53.6 Å². The first-order chi connectivity index (χ1) is 18.2. The van der Waals surface area contributed by atoms with Gasteiger partial charge in [0.25, 0.3) is 5.91 Å². The third-order valence-corrected chi connectivity index (χ3v) is 6.38. The molecule has 1 aromatic carbocycles. The van der Waals surface area contributed by atoms with Gasteiger partial charge in [-0.15, -0.1) is 0 Å². The number of carbonyl (C=O) groups is 1. The van der Waals surface area contributed by atoms with E-state index in [-0.39, 0.29) is 46.6 Å². The number of benzene rings is 1. The van der Waals surface area contributed by atoms with Crippen molar-refractivity contribution in [1.82, 2.24) is 20.4 Å². The van der Waals surface area contributed by atoms with E-state index in [0.29, 0.717) is 6.20 Å². The number of alkyl halides is 3. The number of nitrogens with zero attached hydrogens (tertiary/aromatic N) is 3. The summed E-state index contributed by atoms with van der Waals surface area (Å²) in [6, 6.07) is 4.89. The summed E-state index contributed by atoms with van der Waals surface area (Å²) in [5.41, 5.74) is 0.648. The summed E-state index contributed by atoms with van der Waals surface area (Å²) in [5, 5.41) is 5.16. The molecule has 3 N–H and O–H groups in total. The number of nitrogens with one attached hydrogen (secondary N) is 3. The molecule has 0 aliphatic carbocycles. The van der Waals surface area contributed by atoms with E-state index >= 15 is 0 Å². The topological polar surface area (TPSA) is 127 Å². The van der Waals surface area contributed by atoms with Gasteiger partial charge in [-0.05, 0) is 37.4 Å². The van der Waals surface area contributed by atoms with Crippen LogP contribution in [0.15, 0.2) is 36.7 Å². The summed E-state index contributed by atoms with van der Waals surface area (Å²) in [6.45, 7) is 6.79. The largest absolute Gasteiger partial charge is 0.495 e. The van der Waals surface area contributed by atoms with Crippen LogP contribution in [0.2, 0.25) is 0 Å². The lowest BCUT2D eigenvalue weighted by Crippen LogP contribution is -2.26. The lowest BCUT2D eigenvalue weighted by molar-refractivity contribution is -0.137. The van der Waals surface area contributed by atoms with Crippen LogP contribution in [0, 0.1) is 11.7 Å². The van der Waals surface area contributed by atoms with Crippen LogP contribution in [-0.2, 0) is 15.6 Å². The van der Waals surface area contributed by atoms with Gasteiger partial charge in [-0.3, -0.25) is 14.6 Å². The number of pyridine rings is 1. The monoisotopic (exact) mass is 570 g/mol. The fourth-order valence-electron chi connectivity index (χ4n) is 3.24. The molecule has 10 nitrogen and oxygen atoms in total. The SMILES string of the molecule is COc1cc(C(=O)NOCC(C)C)c(F)cc1Nc1ncc(C(F)(F)F)c(Nc2cccnc2P(C)(C)=O)n1. The van der Waals surface area contributed by atoms with Crippen molar-refractivity contribution in [2.24, 2.45) is 5.92 Å². The Bertz CT molecular complexity index is 1400. The smallest absolute Gasteiger partial charge is 0.421 e. The fourth-order valence-corrected chi connectivity index (χ4v) is 4.29. The molecular weight excluding hydrogens is 543 g/mol. The molecule has 15 heteroatoms. The van der Waals surface area contributed by atoms with Crippen molar-refractivity contribution in [3.8, 4) is 5.75 Å². The first-order valence-corrected chi connectivity index (χ1v) is 14.1. The molecular formula is C24H27F4N6O4P. The summed E-state index contributed by atoms with van der Waals surface area (Å²) < 4.78 is 73.9. The van der Waals surface area contributed by atoms with Crippen molar-refractivity contribution >= 4 is 41.6 Å². The van der Waals surface area contributed by atoms with Gasteiger partial charge in [-0.2, -0.15) is 18.2 Å². The Balaban J connectivity index is 1.97. The minimum Gasteiger partial charge on any atom is -0.495 e. The van der Waals surface area contributed by atoms with Crippen LogP contribution in [0.1, 0.15) is 29.8 Å².